The van der Waals surface area contributed by atoms with Crippen LogP contribution in [0.2, 0.25) is 0 Å². The van der Waals surface area contributed by atoms with Gasteiger partial charge < -0.3 is 83.6 Å². The number of rotatable bonds is 44. The smallest absolute Gasteiger partial charge is 0.305 e. The zero-order valence-corrected chi connectivity index (χ0v) is 57.4. The molecule has 0 aliphatic carbocycles. The van der Waals surface area contributed by atoms with Crippen molar-refractivity contribution in [3.63, 3.8) is 0 Å². The molecule has 101 heavy (non-hydrogen) atoms. The van der Waals surface area contributed by atoms with Crippen LogP contribution in [0.3, 0.4) is 0 Å². The molecule has 8 aromatic rings. The number of hydrogen-bond acceptors (Lipinski definition) is 15. The van der Waals surface area contributed by atoms with Crippen molar-refractivity contribution in [2.45, 2.75) is 116 Å². The molecular weight excluding hydrogens is 1300 g/mol. The van der Waals surface area contributed by atoms with Gasteiger partial charge in [0.05, 0.1) is 126 Å². The summed E-state index contributed by atoms with van der Waals surface area (Å²) in [5.41, 5.74) is 8.50. The first-order valence-electron chi connectivity index (χ1n) is 34.0. The summed E-state index contributed by atoms with van der Waals surface area (Å²) < 4.78 is 72.8. The Bertz CT molecular complexity index is 3620. The van der Waals surface area contributed by atoms with Crippen molar-refractivity contribution in [2.24, 2.45) is 0 Å². The average molecular weight is 1400 g/mol. The van der Waals surface area contributed by atoms with Gasteiger partial charge in [0.1, 0.15) is 36.3 Å². The minimum absolute atomic E-state index is 0.139. The second-order valence-electron chi connectivity index (χ2n) is 24.9. The summed E-state index contributed by atoms with van der Waals surface area (Å²) >= 11 is 0. The minimum atomic E-state index is -1.24. The summed E-state index contributed by atoms with van der Waals surface area (Å²) in [5.74, 6) is -3.26. The van der Waals surface area contributed by atoms with Gasteiger partial charge in [0.25, 0.3) is 11.8 Å². The summed E-state index contributed by atoms with van der Waals surface area (Å²) in [6.07, 6.45) is -5.60. The lowest BCUT2D eigenvalue weighted by atomic mass is 9.94. The Morgan fingerprint density at radius 2 is 0.703 bits per heavy atom. The first-order chi connectivity index (χ1) is 48.8. The first-order valence-corrected chi connectivity index (χ1v) is 34.0. The molecule has 6 aromatic carbocycles. The van der Waals surface area contributed by atoms with Crippen LogP contribution in [0, 0.1) is 11.6 Å². The fraction of sp³-hybridized carbons (Fsp3) is 0.385. The third kappa shape index (κ3) is 23.5. The van der Waals surface area contributed by atoms with E-state index in [4.69, 9.17) is 43.4 Å². The maximum absolute atomic E-state index is 14.7. The molecule has 0 spiro atoms. The number of carboxylic acid groups (broad SMARTS) is 2. The molecule has 0 radical (unpaired) electrons. The van der Waals surface area contributed by atoms with Crippen LogP contribution in [-0.4, -0.2) is 167 Å². The summed E-state index contributed by atoms with van der Waals surface area (Å²) in [4.78, 5) is 51.7. The molecule has 21 nitrogen and oxygen atoms in total. The van der Waals surface area contributed by atoms with Crippen LogP contribution in [0.4, 0.5) is 20.2 Å². The molecule has 2 heterocycles. The van der Waals surface area contributed by atoms with Gasteiger partial charge in [-0.1, -0.05) is 88.4 Å². The highest BCUT2D eigenvalue weighted by molar-refractivity contribution is 6.13. The number of amides is 2. The predicted molar refractivity (Wildman–Crippen MR) is 380 cm³/mol. The van der Waals surface area contributed by atoms with E-state index in [1.807, 2.05) is 97.5 Å². The van der Waals surface area contributed by atoms with Gasteiger partial charge in [-0.05, 0) is 157 Å². The van der Waals surface area contributed by atoms with E-state index in [9.17, 15) is 48.4 Å². The van der Waals surface area contributed by atoms with Gasteiger partial charge in [0.2, 0.25) is 0 Å². The Morgan fingerprint density at radius 1 is 0.396 bits per heavy atom. The molecule has 0 bridgehead atoms. The Balaban J connectivity index is 0.706. The van der Waals surface area contributed by atoms with Gasteiger partial charge in [-0.2, -0.15) is 0 Å². The Kier molecular flexibility index (Phi) is 30.5. The van der Waals surface area contributed by atoms with E-state index < -0.39 is 60.8 Å². The predicted octanol–water partition coefficient (Wildman–Crippen LogP) is 12.5. The third-order valence-electron chi connectivity index (χ3n) is 16.5. The Morgan fingerprint density at radius 3 is 1.00 bits per heavy atom. The van der Waals surface area contributed by atoms with E-state index in [-0.39, 0.29) is 75.6 Å². The molecule has 2 aromatic heterocycles. The van der Waals surface area contributed by atoms with E-state index >= 15 is 0 Å². The van der Waals surface area contributed by atoms with Crippen molar-refractivity contribution >= 4 is 35.1 Å². The minimum Gasteiger partial charge on any atom is -0.491 e. The quantitative estimate of drug-likeness (QED) is 0.0165. The number of ether oxygens (including phenoxy) is 7. The topological polar surface area (TPSA) is 288 Å². The number of carbonyl (C=O) groups excluding carboxylic acids is 2. The lowest BCUT2D eigenvalue weighted by Gasteiger charge is -2.20. The Hall–Kier alpha value is -9.14. The van der Waals surface area contributed by atoms with Crippen molar-refractivity contribution in [3.05, 3.63) is 192 Å². The monoisotopic (exact) mass is 1390 g/mol. The number of carbonyl (C=O) groups is 4. The van der Waals surface area contributed by atoms with Gasteiger partial charge in [-0.25, -0.2) is 8.78 Å². The van der Waals surface area contributed by atoms with E-state index in [1.54, 1.807) is 72.8 Å². The van der Waals surface area contributed by atoms with Crippen molar-refractivity contribution in [1.29, 1.82) is 0 Å². The van der Waals surface area contributed by atoms with Crippen LogP contribution in [0.5, 0.6) is 11.5 Å². The summed E-state index contributed by atoms with van der Waals surface area (Å²) in [6.45, 7) is 12.3. The number of carboxylic acids is 2. The summed E-state index contributed by atoms with van der Waals surface area (Å²) in [7, 11) is 0. The molecule has 0 saturated carbocycles. The van der Waals surface area contributed by atoms with Gasteiger partial charge >= 0.3 is 11.9 Å². The fourth-order valence-electron chi connectivity index (χ4n) is 12.1. The molecule has 0 saturated heterocycles. The summed E-state index contributed by atoms with van der Waals surface area (Å²) in [5, 5.41) is 66.9. The SMILES string of the molecule is CC(C)c1c(C(=O)Nc2ccc(OCCOCCOCCOCCOCCOCCOc3ccc(NC(=O)c4c(-c5ccccc5)c(-c5ccc(F)cc5)n(CC[C@H](O)C[C@H](O)CC(=O)O)c4C(C)C)cc3)cc2)c(-c2ccccc2)c(-c2ccc(F)cc2)n1CC[C@H](O)C[C@H](O)CC(=O)O. The van der Waals surface area contributed by atoms with Gasteiger partial charge in [-0.15, -0.1) is 0 Å². The third-order valence-corrected chi connectivity index (χ3v) is 16.5. The van der Waals surface area contributed by atoms with Crippen molar-refractivity contribution in [2.75, 3.05) is 89.9 Å². The van der Waals surface area contributed by atoms with Crippen LogP contribution in [0.1, 0.15) is 110 Å². The molecule has 0 unspecified atom stereocenters. The number of halogens is 2. The number of nitrogens with one attached hydrogen (secondary N) is 2. The molecule has 8 N–H and O–H groups in total. The summed E-state index contributed by atoms with van der Waals surface area (Å²) in [6, 6.07) is 44.7. The maximum atomic E-state index is 14.7. The van der Waals surface area contributed by atoms with E-state index in [2.05, 4.69) is 10.6 Å². The lowest BCUT2D eigenvalue weighted by Crippen LogP contribution is -2.22. The van der Waals surface area contributed by atoms with Crippen LogP contribution < -0.4 is 20.1 Å². The van der Waals surface area contributed by atoms with E-state index in [0.717, 1.165) is 11.1 Å². The molecule has 8 rings (SSSR count). The normalized spacial score (nSPS) is 12.7. The number of hydrogen-bond donors (Lipinski definition) is 8. The average Bonchev–Trinajstić information content (AvgIpc) is 1.60. The van der Waals surface area contributed by atoms with Gasteiger partial charge in [0, 0.05) is 47.0 Å². The molecule has 4 atom stereocenters. The van der Waals surface area contributed by atoms with Crippen LogP contribution in [0.25, 0.3) is 44.8 Å². The molecule has 23 heteroatoms. The van der Waals surface area contributed by atoms with E-state index in [0.29, 0.717) is 145 Å². The maximum Gasteiger partial charge on any atom is 0.305 e. The van der Waals surface area contributed by atoms with Crippen LogP contribution in [-0.2, 0) is 46.4 Å². The molecule has 540 valence electrons. The highest BCUT2D eigenvalue weighted by Crippen LogP contribution is 2.45. The zero-order valence-electron chi connectivity index (χ0n) is 57.4. The second kappa shape index (κ2) is 39.7. The Labute approximate surface area is 587 Å². The number of aliphatic hydroxyl groups is 4. The number of aromatic nitrogens is 2. The van der Waals surface area contributed by atoms with Crippen molar-refractivity contribution in [3.8, 4) is 56.3 Å². The highest BCUT2D eigenvalue weighted by atomic mass is 19.1. The molecule has 0 aliphatic rings. The number of aliphatic hydroxyl groups excluding tert-OH is 4. The lowest BCUT2D eigenvalue weighted by molar-refractivity contribution is -0.140. The highest BCUT2D eigenvalue weighted by Gasteiger charge is 2.33. The number of aliphatic carboxylic acids is 2. The molecule has 2 amide bonds. The molecule has 0 aliphatic heterocycles. The van der Waals surface area contributed by atoms with E-state index in [1.165, 1.54) is 24.3 Å². The van der Waals surface area contributed by atoms with Crippen LogP contribution >= 0.6 is 0 Å². The second-order valence-corrected chi connectivity index (χ2v) is 24.9. The molecular formula is C78H92F2N4O17. The standard InChI is InChI=1S/C78H92F2N4O17/c1-51(2)73-71(69(53-11-7-5-8-12-53)75(55-15-19-57(79)20-16-55)83(73)33-31-61(85)47-63(87)49-67(89)90)77(93)81-59-23-27-65(28-24-59)100-45-43-98-41-39-96-37-35-95-36-38-97-40-42-99-44-46-101-66-29-25-60(26-30-66)82-78(94)72-70(54-13-9-6-10-14-54)76(56-17-21-58(80)22-18-56)84(74(72)52(3)4)34-32-62(86)48-64(88)50-68(91)92/h5-30,51-52,61-64,85-88H,31-50H2,1-4H3,(H,81,93)(H,82,94)(H,89,90)(H,91,92)/t61-,62-,63-,64-/m0/s1. The largest absolute Gasteiger partial charge is 0.491 e. The van der Waals surface area contributed by atoms with Crippen LogP contribution in [0.15, 0.2) is 158 Å². The van der Waals surface area contributed by atoms with Crippen molar-refractivity contribution < 1.29 is 91.8 Å². The van der Waals surface area contributed by atoms with Gasteiger partial charge in [0.15, 0.2) is 0 Å². The number of anilines is 2. The zero-order chi connectivity index (χ0) is 72.2. The fourth-order valence-corrected chi connectivity index (χ4v) is 12.1. The molecule has 0 fully saturated rings. The number of benzene rings is 6. The van der Waals surface area contributed by atoms with Gasteiger partial charge in [-0.3, -0.25) is 19.2 Å². The first kappa shape index (κ1) is 77.6. The van der Waals surface area contributed by atoms with Crippen molar-refractivity contribution in [1.82, 2.24) is 9.13 Å². The number of nitrogens with zero attached hydrogens (tertiary/aromatic N) is 2.